The summed E-state index contributed by atoms with van der Waals surface area (Å²) in [6, 6.07) is 4.71. The van der Waals surface area contributed by atoms with Crippen molar-refractivity contribution in [2.24, 2.45) is 11.3 Å². The number of rotatable bonds is 6. The predicted molar refractivity (Wildman–Crippen MR) is 124 cm³/mol. The lowest BCUT2D eigenvalue weighted by Gasteiger charge is -2.33. The maximum Gasteiger partial charge on any atom is 0.418 e. The van der Waals surface area contributed by atoms with Crippen LogP contribution in [0, 0.1) is 11.3 Å². The average Bonchev–Trinajstić information content (AvgIpc) is 3.08. The van der Waals surface area contributed by atoms with Gasteiger partial charge in [-0.05, 0) is 48.3 Å². The molecule has 1 atom stereocenters. The Hall–Kier alpha value is -2.88. The lowest BCUT2D eigenvalue weighted by atomic mass is 9.72. The van der Waals surface area contributed by atoms with Crippen LogP contribution in [-0.2, 0) is 28.6 Å². The van der Waals surface area contributed by atoms with Crippen LogP contribution < -0.4 is 10.6 Å². The molecule has 3 N–H and O–H groups in total. The molecule has 1 aliphatic carbocycles. The molecule has 1 heterocycles. The molecule has 34 heavy (non-hydrogen) atoms. The molecule has 0 spiro atoms. The highest BCUT2D eigenvalue weighted by Gasteiger charge is 2.36. The number of thiophene rings is 1. The van der Waals surface area contributed by atoms with Crippen molar-refractivity contribution in [2.75, 3.05) is 10.6 Å². The molecule has 0 fully saturated rings. The molecule has 6 nitrogen and oxygen atoms in total. The Morgan fingerprint density at radius 3 is 2.38 bits per heavy atom. The largest absolute Gasteiger partial charge is 0.481 e. The third-order valence-corrected chi connectivity index (χ3v) is 7.19. The summed E-state index contributed by atoms with van der Waals surface area (Å²) in [6.07, 6.45) is -3.24. The molecule has 184 valence electrons. The average molecular weight is 497 g/mol. The van der Waals surface area contributed by atoms with Gasteiger partial charge in [-0.25, -0.2) is 0 Å². The Morgan fingerprint density at radius 2 is 1.76 bits per heavy atom. The highest BCUT2D eigenvalue weighted by molar-refractivity contribution is 7.17. The van der Waals surface area contributed by atoms with Crippen LogP contribution in [0.25, 0.3) is 0 Å². The molecule has 3 rings (SSSR count). The summed E-state index contributed by atoms with van der Waals surface area (Å²) in [5.41, 5.74) is -0.437. The fraction of sp³-hybridized carbons (Fsp3) is 0.458. The van der Waals surface area contributed by atoms with Crippen LogP contribution in [-0.4, -0.2) is 22.9 Å². The van der Waals surface area contributed by atoms with Crippen molar-refractivity contribution in [3.63, 3.8) is 0 Å². The molecule has 1 aliphatic rings. The molecule has 1 aromatic carbocycles. The molecule has 0 bridgehead atoms. The number of hydrogen-bond donors (Lipinski definition) is 3. The number of para-hydroxylation sites is 1. The second kappa shape index (κ2) is 9.77. The van der Waals surface area contributed by atoms with E-state index >= 15 is 0 Å². The van der Waals surface area contributed by atoms with Crippen LogP contribution in [0.1, 0.15) is 66.4 Å². The fourth-order valence-electron chi connectivity index (χ4n) is 4.09. The third kappa shape index (κ3) is 5.97. The molecule has 2 amide bonds. The molecule has 0 saturated heterocycles. The Morgan fingerprint density at radius 1 is 1.09 bits per heavy atom. The summed E-state index contributed by atoms with van der Waals surface area (Å²) in [4.78, 5) is 37.3. The van der Waals surface area contributed by atoms with E-state index in [4.69, 9.17) is 5.11 Å². The van der Waals surface area contributed by atoms with Crippen LogP contribution in [0.3, 0.4) is 0 Å². The van der Waals surface area contributed by atoms with Crippen molar-refractivity contribution in [3.8, 4) is 0 Å². The Bertz CT molecular complexity index is 1100. The van der Waals surface area contributed by atoms with E-state index in [-0.39, 0.29) is 34.5 Å². The van der Waals surface area contributed by atoms with Gasteiger partial charge < -0.3 is 15.7 Å². The minimum atomic E-state index is -4.65. The number of carbonyl (C=O) groups excluding carboxylic acids is 2. The Balaban J connectivity index is 1.96. The zero-order chi connectivity index (χ0) is 25.3. The van der Waals surface area contributed by atoms with Crippen molar-refractivity contribution < 1.29 is 32.7 Å². The van der Waals surface area contributed by atoms with Gasteiger partial charge in [0.05, 0.1) is 23.2 Å². The van der Waals surface area contributed by atoms with Crippen molar-refractivity contribution in [1.82, 2.24) is 0 Å². The number of hydrogen-bond acceptors (Lipinski definition) is 4. The van der Waals surface area contributed by atoms with Gasteiger partial charge >= 0.3 is 12.1 Å². The number of carbonyl (C=O) groups is 3. The Kier molecular flexibility index (Phi) is 7.40. The van der Waals surface area contributed by atoms with Gasteiger partial charge in [0.25, 0.3) is 5.91 Å². The molecule has 0 aliphatic heterocycles. The van der Waals surface area contributed by atoms with Gasteiger partial charge in [-0.15, -0.1) is 11.3 Å². The van der Waals surface area contributed by atoms with Crippen molar-refractivity contribution >= 4 is 39.8 Å². The first-order valence-electron chi connectivity index (χ1n) is 10.9. The van der Waals surface area contributed by atoms with Crippen LogP contribution in [0.4, 0.5) is 23.9 Å². The van der Waals surface area contributed by atoms with Crippen LogP contribution in [0.5, 0.6) is 0 Å². The van der Waals surface area contributed by atoms with Crippen LogP contribution in [0.15, 0.2) is 24.3 Å². The molecule has 0 saturated carbocycles. The maximum absolute atomic E-state index is 13.4. The van der Waals surface area contributed by atoms with Crippen molar-refractivity contribution in [2.45, 2.75) is 59.1 Å². The quantitative estimate of drug-likeness (QED) is 0.459. The first kappa shape index (κ1) is 25.7. The zero-order valence-corrected chi connectivity index (χ0v) is 20.0. The number of alkyl halides is 3. The number of carboxylic acids is 1. The smallest absolute Gasteiger partial charge is 0.418 e. The van der Waals surface area contributed by atoms with E-state index in [0.29, 0.717) is 18.8 Å². The van der Waals surface area contributed by atoms with E-state index in [1.807, 2.05) is 0 Å². The topological polar surface area (TPSA) is 95.5 Å². The van der Waals surface area contributed by atoms with Gasteiger partial charge in [-0.3, -0.25) is 14.4 Å². The fourth-order valence-corrected chi connectivity index (χ4v) is 5.43. The molecule has 2 aromatic rings. The number of fused-ring (bicyclic) bond motifs is 1. The number of carboxylic acid groups (broad SMARTS) is 1. The monoisotopic (exact) mass is 496 g/mol. The minimum Gasteiger partial charge on any atom is -0.481 e. The second-order valence-electron chi connectivity index (χ2n) is 9.45. The normalized spacial score (nSPS) is 16.0. The number of nitrogens with one attached hydrogen (secondary N) is 2. The minimum absolute atomic E-state index is 0.0284. The second-order valence-corrected chi connectivity index (χ2v) is 10.6. The number of anilines is 2. The van der Waals surface area contributed by atoms with Crippen LogP contribution >= 0.6 is 11.3 Å². The zero-order valence-electron chi connectivity index (χ0n) is 19.1. The van der Waals surface area contributed by atoms with Crippen molar-refractivity contribution in [1.29, 1.82) is 0 Å². The van der Waals surface area contributed by atoms with E-state index in [1.165, 1.54) is 29.5 Å². The third-order valence-electron chi connectivity index (χ3n) is 6.02. The van der Waals surface area contributed by atoms with Gasteiger partial charge in [0.1, 0.15) is 5.00 Å². The molecular formula is C24H27F3N2O4S. The van der Waals surface area contributed by atoms with E-state index in [2.05, 4.69) is 31.4 Å². The van der Waals surface area contributed by atoms with Gasteiger partial charge in [0.2, 0.25) is 5.91 Å². The molecular weight excluding hydrogens is 469 g/mol. The van der Waals surface area contributed by atoms with Crippen molar-refractivity contribution in [3.05, 3.63) is 45.8 Å². The standard InChI is InChI=1S/C24H27F3N2O4S/c1-23(2,3)13-8-9-14-17(12-13)34-22(29-18(30)10-11-19(31)32)20(14)21(33)28-16-7-5-4-6-15(16)24(25,26)27/h4-7,13H,8-12H2,1-3H3,(H,28,33)(H,29,30)(H,31,32)/t13-/m1/s1. The van der Waals surface area contributed by atoms with E-state index < -0.39 is 29.5 Å². The summed E-state index contributed by atoms with van der Waals surface area (Å²) in [6.45, 7) is 6.39. The summed E-state index contributed by atoms with van der Waals surface area (Å²) < 4.78 is 40.2. The maximum atomic E-state index is 13.4. The highest BCUT2D eigenvalue weighted by Crippen LogP contribution is 2.45. The molecule has 0 unspecified atom stereocenters. The first-order valence-corrected chi connectivity index (χ1v) is 11.7. The molecule has 0 radical (unpaired) electrons. The van der Waals surface area contributed by atoms with Gasteiger partial charge in [0.15, 0.2) is 0 Å². The first-order chi connectivity index (χ1) is 15.8. The number of aliphatic carboxylic acids is 1. The van der Waals surface area contributed by atoms with Crippen LogP contribution in [0.2, 0.25) is 0 Å². The predicted octanol–water partition coefficient (Wildman–Crippen LogP) is 5.97. The van der Waals surface area contributed by atoms with Gasteiger partial charge in [-0.1, -0.05) is 32.9 Å². The summed E-state index contributed by atoms with van der Waals surface area (Å²) in [7, 11) is 0. The van der Waals surface area contributed by atoms with E-state index in [9.17, 15) is 27.6 Å². The summed E-state index contributed by atoms with van der Waals surface area (Å²) in [5.74, 6) is -2.10. The number of benzene rings is 1. The Labute approximate surface area is 199 Å². The summed E-state index contributed by atoms with van der Waals surface area (Å²) >= 11 is 1.23. The van der Waals surface area contributed by atoms with Gasteiger partial charge in [-0.2, -0.15) is 13.2 Å². The lowest BCUT2D eigenvalue weighted by molar-refractivity contribution is -0.138. The number of amides is 2. The molecule has 10 heteroatoms. The van der Waals surface area contributed by atoms with E-state index in [0.717, 1.165) is 22.9 Å². The molecule has 1 aromatic heterocycles. The van der Waals surface area contributed by atoms with E-state index in [1.54, 1.807) is 0 Å². The number of halogens is 3. The summed E-state index contributed by atoms with van der Waals surface area (Å²) in [5, 5.41) is 14.1. The van der Waals surface area contributed by atoms with Gasteiger partial charge in [0, 0.05) is 11.3 Å². The highest BCUT2D eigenvalue weighted by atomic mass is 32.1. The lowest BCUT2D eigenvalue weighted by Crippen LogP contribution is -2.27. The SMILES string of the molecule is CC(C)(C)[C@@H]1CCc2c(sc(NC(=O)CCC(=O)O)c2C(=O)Nc2ccccc2C(F)(F)F)C1.